The van der Waals surface area contributed by atoms with E-state index in [1.807, 2.05) is 45.3 Å². The van der Waals surface area contributed by atoms with Crippen molar-refractivity contribution in [2.24, 2.45) is 5.10 Å². The van der Waals surface area contributed by atoms with Gasteiger partial charge in [0.05, 0.1) is 6.61 Å². The van der Waals surface area contributed by atoms with Gasteiger partial charge in [-0.1, -0.05) is 29.8 Å². The molecule has 0 unspecified atom stereocenters. The topological polar surface area (TPSA) is 71.0 Å². The fraction of sp³-hybridized carbons (Fsp3) is 0.421. The Labute approximate surface area is 148 Å². The van der Waals surface area contributed by atoms with Crippen LogP contribution in [0.4, 0.5) is 0 Å². The standard InChI is InChI=1S/C19H25N3O3/c1-5-25-19(24)17(21-20-15-10-11-15)18(23)16(12-22(3)4)14-8-6-13(2)7-9-14/h6-9,12,15,20H,5,10-11H2,1-4H3/b16-12+,21-17+. The number of benzene rings is 1. The van der Waals surface area contributed by atoms with Crippen LogP contribution < -0.4 is 5.43 Å². The minimum atomic E-state index is -0.711. The van der Waals surface area contributed by atoms with Gasteiger partial charge in [0.15, 0.2) is 0 Å². The number of hydrogen-bond acceptors (Lipinski definition) is 6. The van der Waals surface area contributed by atoms with Gasteiger partial charge in [0.25, 0.3) is 0 Å². The van der Waals surface area contributed by atoms with Crippen molar-refractivity contribution in [2.45, 2.75) is 32.7 Å². The summed E-state index contributed by atoms with van der Waals surface area (Å²) < 4.78 is 5.02. The van der Waals surface area contributed by atoms with Gasteiger partial charge >= 0.3 is 5.97 Å². The molecule has 1 fully saturated rings. The summed E-state index contributed by atoms with van der Waals surface area (Å²) in [7, 11) is 3.65. The van der Waals surface area contributed by atoms with Gasteiger partial charge in [-0.25, -0.2) is 4.79 Å². The highest BCUT2D eigenvalue weighted by Gasteiger charge is 2.28. The minimum absolute atomic E-state index is 0.186. The van der Waals surface area contributed by atoms with Gasteiger partial charge in [-0.15, -0.1) is 0 Å². The Hall–Kier alpha value is -2.63. The molecule has 0 heterocycles. The van der Waals surface area contributed by atoms with Gasteiger partial charge < -0.3 is 15.1 Å². The number of hydrazone groups is 1. The van der Waals surface area contributed by atoms with E-state index >= 15 is 0 Å². The molecule has 1 N–H and O–H groups in total. The number of nitrogens with one attached hydrogen (secondary N) is 1. The van der Waals surface area contributed by atoms with E-state index in [9.17, 15) is 9.59 Å². The summed E-state index contributed by atoms with van der Waals surface area (Å²) in [6.45, 7) is 3.86. The van der Waals surface area contributed by atoms with Crippen LogP contribution in [-0.4, -0.2) is 49.1 Å². The lowest BCUT2D eigenvalue weighted by Gasteiger charge is -2.13. The second kappa shape index (κ2) is 8.46. The van der Waals surface area contributed by atoms with Crippen molar-refractivity contribution < 1.29 is 14.3 Å². The fourth-order valence-corrected chi connectivity index (χ4v) is 2.14. The number of aryl methyl sites for hydroxylation is 1. The summed E-state index contributed by atoms with van der Waals surface area (Å²) in [5.74, 6) is -1.17. The first-order chi connectivity index (χ1) is 11.9. The second-order valence-electron chi connectivity index (χ2n) is 6.29. The number of Topliss-reactive ketones (excluding diaryl/α,β-unsaturated/α-hetero) is 1. The number of ketones is 1. The number of ether oxygens (including phenoxy) is 1. The molecule has 1 aliphatic carbocycles. The van der Waals surface area contributed by atoms with Crippen LogP contribution in [0.15, 0.2) is 35.6 Å². The summed E-state index contributed by atoms with van der Waals surface area (Å²) in [5, 5.41) is 4.06. The first-order valence-corrected chi connectivity index (χ1v) is 8.42. The van der Waals surface area contributed by atoms with E-state index in [1.165, 1.54) is 0 Å². The lowest BCUT2D eigenvalue weighted by atomic mass is 9.98. The van der Waals surface area contributed by atoms with E-state index in [0.29, 0.717) is 5.57 Å². The molecule has 134 valence electrons. The fourth-order valence-electron chi connectivity index (χ4n) is 2.14. The number of rotatable bonds is 8. The molecule has 6 nitrogen and oxygen atoms in total. The van der Waals surface area contributed by atoms with Crippen molar-refractivity contribution in [3.8, 4) is 0 Å². The van der Waals surface area contributed by atoms with Gasteiger partial charge in [0, 0.05) is 31.9 Å². The van der Waals surface area contributed by atoms with Crippen LogP contribution in [0.3, 0.4) is 0 Å². The molecule has 0 radical (unpaired) electrons. The average molecular weight is 343 g/mol. The molecule has 0 saturated heterocycles. The normalized spacial score (nSPS) is 14.9. The molecule has 1 saturated carbocycles. The molecule has 0 bridgehead atoms. The van der Waals surface area contributed by atoms with Crippen molar-refractivity contribution in [3.05, 3.63) is 41.6 Å². The maximum atomic E-state index is 13.0. The van der Waals surface area contributed by atoms with Crippen molar-refractivity contribution in [3.63, 3.8) is 0 Å². The first-order valence-electron chi connectivity index (χ1n) is 8.42. The zero-order chi connectivity index (χ0) is 18.4. The SMILES string of the molecule is CCOC(=O)/C(=N/NC1CC1)C(=O)/C(=C/N(C)C)c1ccc(C)cc1. The van der Waals surface area contributed by atoms with Crippen LogP contribution in [0, 0.1) is 6.92 Å². The lowest BCUT2D eigenvalue weighted by molar-refractivity contribution is -0.135. The summed E-state index contributed by atoms with van der Waals surface area (Å²) in [4.78, 5) is 27.1. The smallest absolute Gasteiger partial charge is 0.362 e. The molecule has 0 spiro atoms. The Balaban J connectivity index is 2.37. The van der Waals surface area contributed by atoms with Crippen molar-refractivity contribution in [1.29, 1.82) is 0 Å². The largest absolute Gasteiger partial charge is 0.461 e. The molecular formula is C19H25N3O3. The van der Waals surface area contributed by atoms with Crippen LogP contribution in [0.25, 0.3) is 5.57 Å². The molecule has 1 aromatic rings. The van der Waals surface area contributed by atoms with Crippen LogP contribution in [0.5, 0.6) is 0 Å². The summed E-state index contributed by atoms with van der Waals surface area (Å²) in [6.07, 6.45) is 3.68. The van der Waals surface area contributed by atoms with Gasteiger partial charge in [0.2, 0.25) is 11.5 Å². The van der Waals surface area contributed by atoms with Gasteiger partial charge in [0.1, 0.15) is 0 Å². The Morgan fingerprint density at radius 3 is 2.44 bits per heavy atom. The van der Waals surface area contributed by atoms with Crippen molar-refractivity contribution in [2.75, 3.05) is 20.7 Å². The van der Waals surface area contributed by atoms with E-state index in [0.717, 1.165) is 24.0 Å². The van der Waals surface area contributed by atoms with E-state index < -0.39 is 11.8 Å². The first kappa shape index (κ1) is 18.7. The van der Waals surface area contributed by atoms with E-state index in [1.54, 1.807) is 18.0 Å². The van der Waals surface area contributed by atoms with Gasteiger partial charge in [-0.05, 0) is 32.3 Å². The Kier molecular flexibility index (Phi) is 6.33. The molecule has 0 aliphatic heterocycles. The van der Waals surface area contributed by atoms with Gasteiger partial charge in [-0.2, -0.15) is 5.10 Å². The Bertz CT molecular complexity index is 686. The predicted molar refractivity (Wildman–Crippen MR) is 98.1 cm³/mol. The van der Waals surface area contributed by atoms with Gasteiger partial charge in [-0.3, -0.25) is 4.79 Å². The molecule has 6 heteroatoms. The van der Waals surface area contributed by atoms with Crippen molar-refractivity contribution >= 4 is 23.0 Å². The van der Waals surface area contributed by atoms with Crippen molar-refractivity contribution in [1.82, 2.24) is 10.3 Å². The third-order valence-corrected chi connectivity index (χ3v) is 3.61. The Morgan fingerprint density at radius 2 is 1.92 bits per heavy atom. The maximum Gasteiger partial charge on any atom is 0.362 e. The number of hydrogen-bond donors (Lipinski definition) is 1. The number of allylic oxidation sites excluding steroid dienone is 1. The minimum Gasteiger partial charge on any atom is -0.461 e. The number of nitrogens with zero attached hydrogens (tertiary/aromatic N) is 2. The molecule has 1 aromatic carbocycles. The summed E-state index contributed by atoms with van der Waals surface area (Å²) in [5.41, 5.74) is 4.87. The highest BCUT2D eigenvalue weighted by molar-refractivity contribution is 6.72. The summed E-state index contributed by atoms with van der Waals surface area (Å²) in [6, 6.07) is 7.81. The zero-order valence-electron chi connectivity index (χ0n) is 15.2. The number of carbonyl (C=O) groups is 2. The van der Waals surface area contributed by atoms with E-state index in [-0.39, 0.29) is 18.4 Å². The Morgan fingerprint density at radius 1 is 1.28 bits per heavy atom. The molecular weight excluding hydrogens is 318 g/mol. The summed E-state index contributed by atoms with van der Waals surface area (Å²) >= 11 is 0. The lowest BCUT2D eigenvalue weighted by Crippen LogP contribution is -2.30. The highest BCUT2D eigenvalue weighted by atomic mass is 16.5. The third kappa shape index (κ3) is 5.45. The quantitative estimate of drug-likeness (QED) is 0.257. The number of carbonyl (C=O) groups excluding carboxylic acids is 2. The van der Waals surface area contributed by atoms with Crippen LogP contribution in [-0.2, 0) is 14.3 Å². The third-order valence-electron chi connectivity index (χ3n) is 3.61. The molecule has 0 atom stereocenters. The van der Waals surface area contributed by atoms with Crippen LogP contribution in [0.1, 0.15) is 30.9 Å². The molecule has 25 heavy (non-hydrogen) atoms. The molecule has 0 aromatic heterocycles. The maximum absolute atomic E-state index is 13.0. The zero-order valence-corrected chi connectivity index (χ0v) is 15.2. The van der Waals surface area contributed by atoms with Crippen LogP contribution in [0.2, 0.25) is 0 Å². The second-order valence-corrected chi connectivity index (χ2v) is 6.29. The van der Waals surface area contributed by atoms with E-state index in [4.69, 9.17) is 4.74 Å². The molecule has 0 amide bonds. The average Bonchev–Trinajstić information content (AvgIpc) is 3.38. The van der Waals surface area contributed by atoms with E-state index in [2.05, 4.69) is 10.5 Å². The predicted octanol–water partition coefficient (Wildman–Crippen LogP) is 2.14. The van der Waals surface area contributed by atoms with Crippen LogP contribution >= 0.6 is 0 Å². The molecule has 2 rings (SSSR count). The monoisotopic (exact) mass is 343 g/mol. The molecule has 1 aliphatic rings. The number of esters is 1. The highest BCUT2D eigenvalue weighted by Crippen LogP contribution is 2.20.